The Morgan fingerprint density at radius 1 is 1.35 bits per heavy atom. The zero-order chi connectivity index (χ0) is 12.7. The fourth-order valence-corrected chi connectivity index (χ4v) is 1.94. The Kier molecular flexibility index (Phi) is 6.07. The highest BCUT2D eigenvalue weighted by Crippen LogP contribution is 2.30. The predicted octanol–water partition coefficient (Wildman–Crippen LogP) is 2.52. The maximum Gasteiger partial charge on any atom is 0.387 e. The van der Waals surface area contributed by atoms with Gasteiger partial charge in [-0.2, -0.15) is 20.5 Å². The minimum absolute atomic E-state index is 0.0263. The molecule has 0 saturated heterocycles. The first-order valence-corrected chi connectivity index (χ1v) is 6.13. The van der Waals surface area contributed by atoms with Crippen molar-refractivity contribution in [3.8, 4) is 11.5 Å². The lowest BCUT2D eigenvalue weighted by atomic mass is 10.2. The van der Waals surface area contributed by atoms with Gasteiger partial charge in [0.15, 0.2) is 11.5 Å². The summed E-state index contributed by atoms with van der Waals surface area (Å²) in [5, 5.41) is 8.64. The van der Waals surface area contributed by atoms with Crippen molar-refractivity contribution in [3.63, 3.8) is 0 Å². The number of aliphatic hydroxyl groups excluding tert-OH is 1. The lowest BCUT2D eigenvalue weighted by molar-refractivity contribution is -0.0512. The van der Waals surface area contributed by atoms with Gasteiger partial charge in [0, 0.05) is 11.5 Å². The molecular formula is C11H14F2O3S. The molecule has 0 aliphatic heterocycles. The van der Waals surface area contributed by atoms with E-state index in [1.165, 1.54) is 13.2 Å². The lowest BCUT2D eigenvalue weighted by Crippen LogP contribution is -2.03. The minimum atomic E-state index is -2.86. The molecule has 0 fully saturated rings. The van der Waals surface area contributed by atoms with Crippen molar-refractivity contribution in [2.24, 2.45) is 0 Å². The van der Waals surface area contributed by atoms with Crippen molar-refractivity contribution < 1.29 is 23.4 Å². The predicted molar refractivity (Wildman–Crippen MR) is 62.9 cm³/mol. The molecule has 0 aliphatic rings. The smallest absolute Gasteiger partial charge is 0.387 e. The number of rotatable bonds is 7. The number of aliphatic hydroxyl groups is 1. The van der Waals surface area contributed by atoms with Gasteiger partial charge in [-0.3, -0.25) is 0 Å². The van der Waals surface area contributed by atoms with Gasteiger partial charge >= 0.3 is 6.61 Å². The maximum atomic E-state index is 12.1. The van der Waals surface area contributed by atoms with E-state index in [-0.39, 0.29) is 18.1 Å². The normalized spacial score (nSPS) is 10.6. The number of hydrogen-bond acceptors (Lipinski definition) is 4. The molecule has 0 unspecified atom stereocenters. The van der Waals surface area contributed by atoms with Crippen LogP contribution in [0.1, 0.15) is 5.56 Å². The first-order valence-electron chi connectivity index (χ1n) is 4.97. The van der Waals surface area contributed by atoms with Crippen LogP contribution in [0.2, 0.25) is 0 Å². The summed E-state index contributed by atoms with van der Waals surface area (Å²) < 4.78 is 33.4. The van der Waals surface area contributed by atoms with Gasteiger partial charge < -0.3 is 14.6 Å². The van der Waals surface area contributed by atoms with E-state index in [9.17, 15) is 8.78 Å². The van der Waals surface area contributed by atoms with Crippen LogP contribution in [0.15, 0.2) is 18.2 Å². The van der Waals surface area contributed by atoms with Crippen molar-refractivity contribution in [1.82, 2.24) is 0 Å². The second-order valence-electron chi connectivity index (χ2n) is 3.14. The van der Waals surface area contributed by atoms with E-state index < -0.39 is 6.61 Å². The van der Waals surface area contributed by atoms with Crippen molar-refractivity contribution in [2.45, 2.75) is 12.4 Å². The Labute approximate surface area is 103 Å². The van der Waals surface area contributed by atoms with Gasteiger partial charge in [0.25, 0.3) is 0 Å². The number of methoxy groups -OCH3 is 1. The van der Waals surface area contributed by atoms with Crippen molar-refractivity contribution in [1.29, 1.82) is 0 Å². The molecule has 6 heteroatoms. The second kappa shape index (κ2) is 7.34. The molecule has 1 N–H and O–H groups in total. The highest BCUT2D eigenvalue weighted by atomic mass is 32.2. The molecule has 1 aromatic carbocycles. The third-order valence-electron chi connectivity index (χ3n) is 1.95. The highest BCUT2D eigenvalue weighted by molar-refractivity contribution is 7.98. The van der Waals surface area contributed by atoms with Crippen LogP contribution in [-0.4, -0.2) is 31.2 Å². The second-order valence-corrected chi connectivity index (χ2v) is 4.25. The summed E-state index contributed by atoms with van der Waals surface area (Å²) >= 11 is 1.55. The van der Waals surface area contributed by atoms with Gasteiger partial charge in [-0.15, -0.1) is 0 Å². The summed E-state index contributed by atoms with van der Waals surface area (Å²) in [6, 6.07) is 4.81. The quantitative estimate of drug-likeness (QED) is 0.768. The molecule has 1 aromatic rings. The summed E-state index contributed by atoms with van der Waals surface area (Å²) in [6.45, 7) is -2.74. The molecule has 0 heterocycles. The van der Waals surface area contributed by atoms with Crippen LogP contribution in [0, 0.1) is 0 Å². The number of alkyl halides is 2. The third-order valence-corrected chi connectivity index (χ3v) is 2.96. The summed E-state index contributed by atoms with van der Waals surface area (Å²) in [5.41, 5.74) is 0.932. The molecular weight excluding hydrogens is 250 g/mol. The van der Waals surface area contributed by atoms with E-state index in [4.69, 9.17) is 9.84 Å². The third kappa shape index (κ3) is 4.79. The molecule has 0 aliphatic carbocycles. The molecule has 3 nitrogen and oxygen atoms in total. The molecule has 0 bridgehead atoms. The van der Waals surface area contributed by atoms with Gasteiger partial charge in [-0.1, -0.05) is 6.07 Å². The SMILES string of the molecule is COc1cc(CSCCO)ccc1OC(F)F. The van der Waals surface area contributed by atoms with E-state index in [2.05, 4.69) is 4.74 Å². The van der Waals surface area contributed by atoms with Gasteiger partial charge in [-0.05, 0) is 17.7 Å². The van der Waals surface area contributed by atoms with Crippen LogP contribution in [0.4, 0.5) is 8.78 Å². The number of thioether (sulfide) groups is 1. The van der Waals surface area contributed by atoms with Crippen molar-refractivity contribution in [3.05, 3.63) is 23.8 Å². The average molecular weight is 264 g/mol. The van der Waals surface area contributed by atoms with Crippen molar-refractivity contribution in [2.75, 3.05) is 19.5 Å². The van der Waals surface area contributed by atoms with E-state index in [0.717, 1.165) is 5.56 Å². The number of hydrogen-bond donors (Lipinski definition) is 1. The summed E-state index contributed by atoms with van der Waals surface area (Å²) in [4.78, 5) is 0. The standard InChI is InChI=1S/C11H14F2O3S/c1-15-10-6-8(7-17-5-4-14)2-3-9(10)16-11(12)13/h2-3,6,11,14H,4-5,7H2,1H3. The number of benzene rings is 1. The fourth-order valence-electron chi connectivity index (χ4n) is 1.25. The van der Waals surface area contributed by atoms with Crippen LogP contribution in [0.5, 0.6) is 11.5 Å². The molecule has 0 spiro atoms. The van der Waals surface area contributed by atoms with Crippen LogP contribution < -0.4 is 9.47 Å². The molecule has 1 rings (SSSR count). The first kappa shape index (κ1) is 14.1. The van der Waals surface area contributed by atoms with Gasteiger partial charge in [0.2, 0.25) is 0 Å². The monoisotopic (exact) mass is 264 g/mol. The van der Waals surface area contributed by atoms with E-state index in [0.29, 0.717) is 11.5 Å². The molecule has 0 aromatic heterocycles. The maximum absolute atomic E-state index is 12.1. The summed E-state index contributed by atoms with van der Waals surface area (Å²) in [6.07, 6.45) is 0. The van der Waals surface area contributed by atoms with E-state index >= 15 is 0 Å². The minimum Gasteiger partial charge on any atom is -0.493 e. The topological polar surface area (TPSA) is 38.7 Å². The van der Waals surface area contributed by atoms with E-state index in [1.807, 2.05) is 0 Å². The van der Waals surface area contributed by atoms with Crippen LogP contribution in [-0.2, 0) is 5.75 Å². The molecule has 0 amide bonds. The molecule has 0 atom stereocenters. The van der Waals surface area contributed by atoms with Crippen LogP contribution >= 0.6 is 11.8 Å². The zero-order valence-electron chi connectivity index (χ0n) is 9.36. The lowest BCUT2D eigenvalue weighted by Gasteiger charge is -2.11. The largest absolute Gasteiger partial charge is 0.493 e. The Hall–Kier alpha value is -1.01. The zero-order valence-corrected chi connectivity index (χ0v) is 10.2. The van der Waals surface area contributed by atoms with E-state index in [1.54, 1.807) is 23.9 Å². The van der Waals surface area contributed by atoms with Gasteiger partial charge in [-0.25, -0.2) is 0 Å². The average Bonchev–Trinajstić information content (AvgIpc) is 2.30. The Morgan fingerprint density at radius 2 is 2.12 bits per heavy atom. The fraction of sp³-hybridized carbons (Fsp3) is 0.455. The molecule has 17 heavy (non-hydrogen) atoms. The Balaban J connectivity index is 2.70. The highest BCUT2D eigenvalue weighted by Gasteiger charge is 2.10. The number of ether oxygens (including phenoxy) is 2. The Bertz CT molecular complexity index is 347. The first-order chi connectivity index (χ1) is 8.17. The molecule has 0 radical (unpaired) electrons. The summed E-state index contributed by atoms with van der Waals surface area (Å²) in [5.74, 6) is 1.63. The van der Waals surface area contributed by atoms with Crippen LogP contribution in [0.3, 0.4) is 0 Å². The van der Waals surface area contributed by atoms with Gasteiger partial charge in [0.05, 0.1) is 13.7 Å². The van der Waals surface area contributed by atoms with Crippen LogP contribution in [0.25, 0.3) is 0 Å². The summed E-state index contributed by atoms with van der Waals surface area (Å²) in [7, 11) is 1.40. The van der Waals surface area contributed by atoms with Crippen molar-refractivity contribution >= 4 is 11.8 Å². The molecule has 0 saturated carbocycles. The Morgan fingerprint density at radius 3 is 2.71 bits per heavy atom. The van der Waals surface area contributed by atoms with Gasteiger partial charge in [0.1, 0.15) is 0 Å². The molecule has 96 valence electrons. The number of halogens is 2.